The van der Waals surface area contributed by atoms with Crippen molar-refractivity contribution in [2.75, 3.05) is 6.61 Å². The van der Waals surface area contributed by atoms with Gasteiger partial charge in [0.2, 0.25) is 0 Å². The van der Waals surface area contributed by atoms with Crippen LogP contribution in [-0.2, 0) is 0 Å². The first-order valence-electron chi connectivity index (χ1n) is 2.48. The highest BCUT2D eigenvalue weighted by Gasteiger charge is 2.01. The molecule has 0 fully saturated rings. The summed E-state index contributed by atoms with van der Waals surface area (Å²) in [6.45, 7) is 3.03. The number of hydrogen-bond donors (Lipinski definition) is 2. The molecular weight excluding hydrogens is 126 g/mol. The molecular formula is C4H11NO4. The monoisotopic (exact) mass is 137 g/mol. The minimum Gasteiger partial charge on any atom is -0.397 e. The summed E-state index contributed by atoms with van der Waals surface area (Å²) in [6, 6.07) is 0. The second kappa shape index (κ2) is 7.32. The van der Waals surface area contributed by atoms with E-state index in [4.69, 9.17) is 10.2 Å². The molecule has 9 heavy (non-hydrogen) atoms. The van der Waals surface area contributed by atoms with Crippen molar-refractivity contribution in [3.63, 3.8) is 0 Å². The predicted molar refractivity (Wildman–Crippen MR) is 31.4 cm³/mol. The molecule has 0 saturated heterocycles. The number of aliphatic hydroxyl groups is 2. The Balaban J connectivity index is 0. The van der Waals surface area contributed by atoms with Crippen LogP contribution in [0.1, 0.15) is 13.8 Å². The lowest BCUT2D eigenvalue weighted by atomic mass is 10.7. The first kappa shape index (κ1) is 11.2. The Hall–Kier alpha value is -0.680. The summed E-state index contributed by atoms with van der Waals surface area (Å²) in [4.78, 5) is 8.48. The highest BCUT2D eigenvalue weighted by Crippen LogP contribution is 1.75. The Morgan fingerprint density at radius 1 is 1.78 bits per heavy atom. The topological polar surface area (TPSA) is 83.6 Å². The van der Waals surface area contributed by atoms with E-state index in [0.717, 1.165) is 6.92 Å². The molecule has 0 aliphatic rings. The van der Waals surface area contributed by atoms with Crippen molar-refractivity contribution in [3.8, 4) is 0 Å². The molecule has 2 N–H and O–H groups in total. The van der Waals surface area contributed by atoms with Crippen molar-refractivity contribution in [1.29, 1.82) is 0 Å². The highest BCUT2D eigenvalue weighted by molar-refractivity contribution is 4.15. The average molecular weight is 137 g/mol. The van der Waals surface area contributed by atoms with E-state index >= 15 is 0 Å². The van der Waals surface area contributed by atoms with Gasteiger partial charge in [-0.25, -0.2) is 0 Å². The first-order chi connectivity index (χ1) is 4.06. The molecule has 5 nitrogen and oxygen atoms in total. The second-order valence-corrected chi connectivity index (χ2v) is 1.23. The van der Waals surface area contributed by atoms with Gasteiger partial charge in [0.25, 0.3) is 0 Å². The van der Waals surface area contributed by atoms with Crippen LogP contribution in [0.5, 0.6) is 0 Å². The third-order valence-corrected chi connectivity index (χ3v) is 0.305. The summed E-state index contributed by atoms with van der Waals surface area (Å²) in [7, 11) is 0. The van der Waals surface area contributed by atoms with Gasteiger partial charge in [-0.2, -0.15) is 0 Å². The minimum atomic E-state index is -1.43. The maximum Gasteiger partial charge on any atom is 0.310 e. The fourth-order valence-corrected chi connectivity index (χ4v) is 0. The molecule has 0 amide bonds. The van der Waals surface area contributed by atoms with Gasteiger partial charge < -0.3 is 10.2 Å². The van der Waals surface area contributed by atoms with Crippen molar-refractivity contribution in [2.45, 2.75) is 20.1 Å². The van der Waals surface area contributed by atoms with E-state index in [1.165, 1.54) is 0 Å². The Morgan fingerprint density at radius 3 is 1.89 bits per heavy atom. The summed E-state index contributed by atoms with van der Waals surface area (Å²) < 4.78 is 0. The number of nitrogens with zero attached hydrogens (tertiary/aromatic N) is 1. The predicted octanol–water partition coefficient (Wildman–Crippen LogP) is -0.400. The van der Waals surface area contributed by atoms with Gasteiger partial charge in [-0.15, -0.1) is 0 Å². The van der Waals surface area contributed by atoms with Gasteiger partial charge in [-0.3, -0.25) is 10.1 Å². The second-order valence-electron chi connectivity index (χ2n) is 1.23. The summed E-state index contributed by atoms with van der Waals surface area (Å²) in [5.41, 5.74) is 0. The summed E-state index contributed by atoms with van der Waals surface area (Å²) >= 11 is 0. The van der Waals surface area contributed by atoms with Gasteiger partial charge >= 0.3 is 6.23 Å². The van der Waals surface area contributed by atoms with Gasteiger partial charge in [0, 0.05) is 13.5 Å². The van der Waals surface area contributed by atoms with Crippen LogP contribution in [0.25, 0.3) is 0 Å². The first-order valence-corrected chi connectivity index (χ1v) is 2.48. The molecule has 0 aromatic heterocycles. The standard InChI is InChI=1S/C2H5NO3.C2H6O/c1-2(4)3(5)6;1-2-3/h2,4H,1H3;3H,2H2,1H3. The number of nitro groups is 1. The lowest BCUT2D eigenvalue weighted by molar-refractivity contribution is -0.565. The third kappa shape index (κ3) is 18.8. The lowest BCUT2D eigenvalue weighted by Gasteiger charge is -1.87. The van der Waals surface area contributed by atoms with E-state index in [1.807, 2.05) is 0 Å². The van der Waals surface area contributed by atoms with Crippen molar-refractivity contribution >= 4 is 0 Å². The minimum absolute atomic E-state index is 0.250. The zero-order valence-corrected chi connectivity index (χ0v) is 5.44. The molecule has 56 valence electrons. The van der Waals surface area contributed by atoms with Crippen molar-refractivity contribution < 1.29 is 15.1 Å². The maximum absolute atomic E-state index is 9.25. The molecule has 0 aromatic rings. The van der Waals surface area contributed by atoms with Crippen LogP contribution in [0.2, 0.25) is 0 Å². The molecule has 0 radical (unpaired) electrons. The zero-order valence-electron chi connectivity index (χ0n) is 5.44. The molecule has 0 bridgehead atoms. The van der Waals surface area contributed by atoms with Gasteiger partial charge in [0.15, 0.2) is 0 Å². The van der Waals surface area contributed by atoms with Crippen LogP contribution in [-0.4, -0.2) is 28.0 Å². The largest absolute Gasteiger partial charge is 0.397 e. The molecule has 0 aliphatic carbocycles. The number of hydrogen-bond acceptors (Lipinski definition) is 4. The molecule has 0 spiro atoms. The van der Waals surface area contributed by atoms with Crippen LogP contribution < -0.4 is 0 Å². The molecule has 1 unspecified atom stereocenters. The molecule has 0 saturated carbocycles. The van der Waals surface area contributed by atoms with Gasteiger partial charge in [0.1, 0.15) is 0 Å². The van der Waals surface area contributed by atoms with E-state index in [1.54, 1.807) is 6.92 Å². The maximum atomic E-state index is 9.25. The fourth-order valence-electron chi connectivity index (χ4n) is 0. The van der Waals surface area contributed by atoms with Crippen LogP contribution in [0.3, 0.4) is 0 Å². The average Bonchev–Trinajstić information content (AvgIpc) is 1.68. The Bertz CT molecular complexity index is 73.0. The summed E-state index contributed by atoms with van der Waals surface area (Å²) in [6.07, 6.45) is -1.43. The molecule has 0 aliphatic heterocycles. The SMILES string of the molecule is CC(O)[N+](=O)[O-].CCO. The van der Waals surface area contributed by atoms with Crippen molar-refractivity contribution in [2.24, 2.45) is 0 Å². The molecule has 0 rings (SSSR count). The molecule has 1 atom stereocenters. The van der Waals surface area contributed by atoms with E-state index in [9.17, 15) is 10.1 Å². The van der Waals surface area contributed by atoms with Crippen LogP contribution in [0.15, 0.2) is 0 Å². The van der Waals surface area contributed by atoms with E-state index in [0.29, 0.717) is 0 Å². The van der Waals surface area contributed by atoms with Crippen molar-refractivity contribution in [3.05, 3.63) is 10.1 Å². The zero-order chi connectivity index (χ0) is 7.86. The van der Waals surface area contributed by atoms with E-state index in [-0.39, 0.29) is 6.61 Å². The normalized spacial score (nSPS) is 11.1. The quantitative estimate of drug-likeness (QED) is 0.292. The number of aliphatic hydroxyl groups excluding tert-OH is 2. The van der Waals surface area contributed by atoms with Crippen LogP contribution in [0.4, 0.5) is 0 Å². The molecule has 0 heterocycles. The lowest BCUT2D eigenvalue weighted by Crippen LogP contribution is -2.12. The Kier molecular flexibility index (Phi) is 9.08. The van der Waals surface area contributed by atoms with E-state index in [2.05, 4.69) is 0 Å². The molecule has 0 aromatic carbocycles. The van der Waals surface area contributed by atoms with Gasteiger partial charge in [0.05, 0.1) is 4.92 Å². The van der Waals surface area contributed by atoms with Crippen LogP contribution >= 0.6 is 0 Å². The fraction of sp³-hybridized carbons (Fsp3) is 1.00. The smallest absolute Gasteiger partial charge is 0.310 e. The number of rotatable bonds is 1. The summed E-state index contributed by atoms with van der Waals surface area (Å²) in [5, 5.41) is 24.8. The van der Waals surface area contributed by atoms with Gasteiger partial charge in [-0.05, 0) is 6.92 Å². The van der Waals surface area contributed by atoms with Crippen LogP contribution in [0, 0.1) is 10.1 Å². The molecule has 5 heteroatoms. The highest BCUT2D eigenvalue weighted by atomic mass is 16.7. The summed E-state index contributed by atoms with van der Waals surface area (Å²) in [5.74, 6) is 0. The van der Waals surface area contributed by atoms with Crippen molar-refractivity contribution in [1.82, 2.24) is 0 Å². The third-order valence-electron chi connectivity index (χ3n) is 0.305. The van der Waals surface area contributed by atoms with Gasteiger partial charge in [-0.1, -0.05) is 0 Å². The Morgan fingerprint density at radius 2 is 1.89 bits per heavy atom. The Labute approximate surface area is 53.1 Å². The van der Waals surface area contributed by atoms with E-state index < -0.39 is 11.2 Å².